The number of carbonyl (C=O) groups is 1. The van der Waals surface area contributed by atoms with Crippen LogP contribution in [0.25, 0.3) is 0 Å². The maximum Gasteiger partial charge on any atom is 0.339 e. The molecule has 0 spiro atoms. The summed E-state index contributed by atoms with van der Waals surface area (Å²) in [5.74, 6) is -0.364. The van der Waals surface area contributed by atoms with Gasteiger partial charge in [0, 0.05) is 3.57 Å². The second kappa shape index (κ2) is 4.42. The summed E-state index contributed by atoms with van der Waals surface area (Å²) in [5, 5.41) is 8.70. The third-order valence-electron chi connectivity index (χ3n) is 1.81. The number of esters is 1. The number of hydrogen-bond donors (Lipinski definition) is 0. The molecule has 0 aliphatic heterocycles. The van der Waals surface area contributed by atoms with Gasteiger partial charge in [-0.2, -0.15) is 5.26 Å². The van der Waals surface area contributed by atoms with Crippen LogP contribution in [0.4, 0.5) is 0 Å². The molecule has 0 atom stereocenters. The molecular formula is C10H8INO2. The normalized spacial score (nSPS) is 9.29. The van der Waals surface area contributed by atoms with Crippen LogP contribution in [0, 0.1) is 21.8 Å². The van der Waals surface area contributed by atoms with E-state index in [4.69, 9.17) is 5.26 Å². The SMILES string of the molecule is COC(=O)c1c(C)cc(C#N)cc1I. The Bertz CT molecular complexity index is 398. The van der Waals surface area contributed by atoms with Gasteiger partial charge in [0.1, 0.15) is 0 Å². The summed E-state index contributed by atoms with van der Waals surface area (Å²) >= 11 is 2.02. The van der Waals surface area contributed by atoms with Crippen LogP contribution in [0.5, 0.6) is 0 Å². The van der Waals surface area contributed by atoms with E-state index in [1.165, 1.54) is 7.11 Å². The van der Waals surface area contributed by atoms with Crippen molar-refractivity contribution < 1.29 is 9.53 Å². The van der Waals surface area contributed by atoms with E-state index in [2.05, 4.69) is 4.74 Å². The summed E-state index contributed by atoms with van der Waals surface area (Å²) in [6, 6.07) is 5.38. The van der Waals surface area contributed by atoms with Crippen molar-refractivity contribution in [3.63, 3.8) is 0 Å². The van der Waals surface area contributed by atoms with Crippen molar-refractivity contribution in [1.29, 1.82) is 5.26 Å². The van der Waals surface area contributed by atoms with Crippen molar-refractivity contribution in [2.24, 2.45) is 0 Å². The molecule has 0 unspecified atom stereocenters. The van der Waals surface area contributed by atoms with Crippen LogP contribution >= 0.6 is 22.6 Å². The minimum atomic E-state index is -0.364. The molecule has 0 saturated heterocycles. The van der Waals surface area contributed by atoms with E-state index in [0.717, 1.165) is 9.13 Å². The number of nitriles is 1. The standard InChI is InChI=1S/C10H8INO2/c1-6-3-7(5-12)4-8(11)9(6)10(13)14-2/h3-4H,1-2H3. The van der Waals surface area contributed by atoms with Crippen molar-refractivity contribution in [3.05, 3.63) is 32.4 Å². The van der Waals surface area contributed by atoms with Gasteiger partial charge >= 0.3 is 5.97 Å². The first-order valence-corrected chi connectivity index (χ1v) is 4.96. The molecule has 3 nitrogen and oxygen atoms in total. The van der Waals surface area contributed by atoms with Crippen LogP contribution in [0.1, 0.15) is 21.5 Å². The molecule has 72 valence electrons. The van der Waals surface area contributed by atoms with E-state index in [9.17, 15) is 4.79 Å². The highest BCUT2D eigenvalue weighted by Gasteiger charge is 2.14. The Hall–Kier alpha value is -1.09. The third kappa shape index (κ3) is 2.04. The first-order valence-electron chi connectivity index (χ1n) is 3.88. The summed E-state index contributed by atoms with van der Waals surface area (Å²) in [6.07, 6.45) is 0. The second-order valence-corrected chi connectivity index (χ2v) is 3.92. The maximum absolute atomic E-state index is 11.3. The van der Waals surface area contributed by atoms with Crippen LogP contribution in [-0.4, -0.2) is 13.1 Å². The van der Waals surface area contributed by atoms with E-state index in [-0.39, 0.29) is 5.97 Å². The number of carbonyl (C=O) groups excluding carboxylic acids is 1. The highest BCUT2D eigenvalue weighted by Crippen LogP contribution is 2.19. The lowest BCUT2D eigenvalue weighted by Crippen LogP contribution is -2.06. The topological polar surface area (TPSA) is 50.1 Å². The lowest BCUT2D eigenvalue weighted by atomic mass is 10.1. The smallest absolute Gasteiger partial charge is 0.339 e. The van der Waals surface area contributed by atoms with Crippen molar-refractivity contribution in [1.82, 2.24) is 0 Å². The van der Waals surface area contributed by atoms with Gasteiger partial charge in [-0.1, -0.05) is 0 Å². The van der Waals surface area contributed by atoms with Crippen molar-refractivity contribution >= 4 is 28.6 Å². The zero-order chi connectivity index (χ0) is 10.7. The number of ether oxygens (including phenoxy) is 1. The summed E-state index contributed by atoms with van der Waals surface area (Å²) in [5.41, 5.74) is 1.85. The van der Waals surface area contributed by atoms with E-state index in [0.29, 0.717) is 11.1 Å². The number of aryl methyl sites for hydroxylation is 1. The molecule has 0 saturated carbocycles. The molecule has 0 aliphatic carbocycles. The molecule has 0 aromatic heterocycles. The minimum Gasteiger partial charge on any atom is -0.465 e. The van der Waals surface area contributed by atoms with E-state index in [1.807, 2.05) is 28.7 Å². The van der Waals surface area contributed by atoms with Gasteiger partial charge in [-0.15, -0.1) is 0 Å². The van der Waals surface area contributed by atoms with Gasteiger partial charge < -0.3 is 4.74 Å². The predicted molar refractivity (Wildman–Crippen MR) is 60.0 cm³/mol. The summed E-state index contributed by atoms with van der Waals surface area (Å²) in [6.45, 7) is 1.79. The van der Waals surface area contributed by atoms with E-state index < -0.39 is 0 Å². The van der Waals surface area contributed by atoms with Gasteiger partial charge in [0.15, 0.2) is 0 Å². The van der Waals surface area contributed by atoms with Crippen LogP contribution < -0.4 is 0 Å². The number of methoxy groups -OCH3 is 1. The highest BCUT2D eigenvalue weighted by molar-refractivity contribution is 14.1. The van der Waals surface area contributed by atoms with Crippen molar-refractivity contribution in [2.45, 2.75) is 6.92 Å². The minimum absolute atomic E-state index is 0.364. The van der Waals surface area contributed by atoms with E-state index in [1.54, 1.807) is 19.1 Å². The Labute approximate surface area is 95.8 Å². The second-order valence-electron chi connectivity index (χ2n) is 2.75. The average Bonchev–Trinajstić information content (AvgIpc) is 2.16. The molecule has 4 heteroatoms. The van der Waals surface area contributed by atoms with E-state index >= 15 is 0 Å². The molecule has 0 fully saturated rings. The first-order chi connectivity index (χ1) is 6.60. The van der Waals surface area contributed by atoms with Crippen LogP contribution in [0.2, 0.25) is 0 Å². The monoisotopic (exact) mass is 301 g/mol. The summed E-state index contributed by atoms with van der Waals surface area (Å²) < 4.78 is 5.39. The Balaban J connectivity index is 3.34. The summed E-state index contributed by atoms with van der Waals surface area (Å²) in [4.78, 5) is 11.3. The van der Waals surface area contributed by atoms with Crippen molar-refractivity contribution in [3.8, 4) is 6.07 Å². The Morgan fingerprint density at radius 3 is 2.64 bits per heavy atom. The molecule has 1 rings (SSSR count). The number of nitrogens with zero attached hydrogens (tertiary/aromatic N) is 1. The quantitative estimate of drug-likeness (QED) is 0.590. The van der Waals surface area contributed by atoms with Crippen molar-refractivity contribution in [2.75, 3.05) is 7.11 Å². The third-order valence-corrected chi connectivity index (χ3v) is 2.66. The van der Waals surface area contributed by atoms with Crippen LogP contribution in [0.15, 0.2) is 12.1 Å². The van der Waals surface area contributed by atoms with Gasteiger partial charge in [0.05, 0.1) is 24.3 Å². The molecule has 1 aromatic carbocycles. The molecule has 0 N–H and O–H groups in total. The van der Waals surface area contributed by atoms with Gasteiger partial charge in [0.2, 0.25) is 0 Å². The molecule has 0 amide bonds. The van der Waals surface area contributed by atoms with Gasteiger partial charge in [-0.3, -0.25) is 0 Å². The predicted octanol–water partition coefficient (Wildman–Crippen LogP) is 2.26. The lowest BCUT2D eigenvalue weighted by molar-refractivity contribution is 0.0598. The Kier molecular flexibility index (Phi) is 3.47. The number of benzene rings is 1. The number of rotatable bonds is 1. The molecule has 0 aliphatic rings. The fourth-order valence-electron chi connectivity index (χ4n) is 1.17. The zero-order valence-electron chi connectivity index (χ0n) is 7.80. The molecule has 0 bridgehead atoms. The maximum atomic E-state index is 11.3. The average molecular weight is 301 g/mol. The van der Waals surface area contributed by atoms with Crippen LogP contribution in [-0.2, 0) is 4.74 Å². The molecule has 1 aromatic rings. The Morgan fingerprint density at radius 2 is 2.21 bits per heavy atom. The largest absolute Gasteiger partial charge is 0.465 e. The molecule has 0 radical (unpaired) electrons. The van der Waals surface area contributed by atoms with Gasteiger partial charge in [-0.25, -0.2) is 4.79 Å². The number of hydrogen-bond acceptors (Lipinski definition) is 3. The molecule has 0 heterocycles. The van der Waals surface area contributed by atoms with Gasteiger partial charge in [-0.05, 0) is 47.2 Å². The number of halogens is 1. The zero-order valence-corrected chi connectivity index (χ0v) is 9.95. The summed E-state index contributed by atoms with van der Waals surface area (Å²) in [7, 11) is 1.34. The molecular weight excluding hydrogens is 293 g/mol. The highest BCUT2D eigenvalue weighted by atomic mass is 127. The fourth-order valence-corrected chi connectivity index (χ4v) is 2.15. The first kappa shape index (κ1) is 11.0. The Morgan fingerprint density at radius 1 is 1.57 bits per heavy atom. The lowest BCUT2D eigenvalue weighted by Gasteiger charge is -2.06. The molecule has 14 heavy (non-hydrogen) atoms. The fraction of sp³-hybridized carbons (Fsp3) is 0.200. The van der Waals surface area contributed by atoms with Gasteiger partial charge in [0.25, 0.3) is 0 Å². The van der Waals surface area contributed by atoms with Crippen LogP contribution in [0.3, 0.4) is 0 Å².